The van der Waals surface area contributed by atoms with Gasteiger partial charge in [-0.2, -0.15) is 5.10 Å². The van der Waals surface area contributed by atoms with Crippen LogP contribution in [-0.2, 0) is 13.1 Å². The van der Waals surface area contributed by atoms with E-state index < -0.39 is 0 Å². The molecule has 0 bridgehead atoms. The number of nitrogens with zero attached hydrogens (tertiary/aromatic N) is 2. The summed E-state index contributed by atoms with van der Waals surface area (Å²) in [5.74, 6) is 0.889. The van der Waals surface area contributed by atoms with Gasteiger partial charge in [0.05, 0.1) is 13.3 Å². The topological polar surface area (TPSA) is 39.1 Å². The molecule has 0 spiro atoms. The van der Waals surface area contributed by atoms with Crippen LogP contribution in [0.25, 0.3) is 0 Å². The molecule has 102 valence electrons. The second-order valence-corrected chi connectivity index (χ2v) is 4.58. The normalized spacial score (nSPS) is 12.4. The van der Waals surface area contributed by atoms with E-state index >= 15 is 0 Å². The Bertz CT molecular complexity index is 504. The summed E-state index contributed by atoms with van der Waals surface area (Å²) in [5, 5.41) is 7.76. The zero-order valence-corrected chi connectivity index (χ0v) is 11.8. The van der Waals surface area contributed by atoms with Gasteiger partial charge in [0.1, 0.15) is 5.75 Å². The smallest absolute Gasteiger partial charge is 0.118 e. The Morgan fingerprint density at radius 2 is 2.05 bits per heavy atom. The molecule has 1 aromatic carbocycles. The van der Waals surface area contributed by atoms with Crippen molar-refractivity contribution in [2.75, 3.05) is 7.11 Å². The molecule has 1 atom stereocenters. The van der Waals surface area contributed by atoms with Crippen molar-refractivity contribution in [3.05, 3.63) is 47.8 Å². The van der Waals surface area contributed by atoms with Crippen molar-refractivity contribution >= 4 is 0 Å². The zero-order chi connectivity index (χ0) is 13.7. The molecule has 0 saturated heterocycles. The van der Waals surface area contributed by atoms with Gasteiger partial charge in [-0.15, -0.1) is 0 Å². The summed E-state index contributed by atoms with van der Waals surface area (Å²) in [6.45, 7) is 5.98. The highest BCUT2D eigenvalue weighted by Gasteiger charge is 2.05. The minimum atomic E-state index is 0.302. The van der Waals surface area contributed by atoms with Gasteiger partial charge in [-0.1, -0.05) is 12.1 Å². The molecule has 0 saturated carbocycles. The van der Waals surface area contributed by atoms with Crippen LogP contribution in [0.4, 0.5) is 0 Å². The number of nitrogens with one attached hydrogen (secondary N) is 1. The molecule has 0 aliphatic carbocycles. The molecule has 0 aliphatic rings. The highest BCUT2D eigenvalue weighted by atomic mass is 16.5. The number of methoxy groups -OCH3 is 1. The number of ether oxygens (including phenoxy) is 1. The first-order valence-corrected chi connectivity index (χ1v) is 6.61. The fraction of sp³-hybridized carbons (Fsp3) is 0.400. The Kier molecular flexibility index (Phi) is 4.58. The summed E-state index contributed by atoms with van der Waals surface area (Å²) in [6, 6.07) is 8.46. The van der Waals surface area contributed by atoms with E-state index in [1.165, 1.54) is 11.1 Å². The van der Waals surface area contributed by atoms with Crippen LogP contribution in [0.15, 0.2) is 36.7 Å². The van der Waals surface area contributed by atoms with Crippen LogP contribution >= 0.6 is 0 Å². The third-order valence-corrected chi connectivity index (χ3v) is 3.24. The molecule has 1 heterocycles. The van der Waals surface area contributed by atoms with Crippen molar-refractivity contribution in [1.82, 2.24) is 15.1 Å². The van der Waals surface area contributed by atoms with Crippen molar-refractivity contribution in [3.63, 3.8) is 0 Å². The van der Waals surface area contributed by atoms with Gasteiger partial charge < -0.3 is 10.1 Å². The first kappa shape index (κ1) is 13.6. The zero-order valence-electron chi connectivity index (χ0n) is 11.8. The van der Waals surface area contributed by atoms with Crippen LogP contribution in [-0.4, -0.2) is 16.9 Å². The number of aryl methyl sites for hydroxylation is 1. The molecule has 2 rings (SSSR count). The third-order valence-electron chi connectivity index (χ3n) is 3.24. The average molecular weight is 259 g/mol. The minimum Gasteiger partial charge on any atom is -0.497 e. The largest absolute Gasteiger partial charge is 0.497 e. The first-order valence-electron chi connectivity index (χ1n) is 6.61. The van der Waals surface area contributed by atoms with E-state index in [-0.39, 0.29) is 0 Å². The van der Waals surface area contributed by atoms with Crippen LogP contribution in [0.1, 0.15) is 31.0 Å². The third kappa shape index (κ3) is 3.58. The van der Waals surface area contributed by atoms with Crippen molar-refractivity contribution in [2.24, 2.45) is 0 Å². The van der Waals surface area contributed by atoms with E-state index in [2.05, 4.69) is 42.6 Å². The molecule has 19 heavy (non-hydrogen) atoms. The number of rotatable bonds is 6. The molecular weight excluding hydrogens is 238 g/mol. The second-order valence-electron chi connectivity index (χ2n) is 4.58. The van der Waals surface area contributed by atoms with Gasteiger partial charge in [-0.25, -0.2) is 0 Å². The number of hydrogen-bond acceptors (Lipinski definition) is 3. The molecule has 1 aromatic heterocycles. The molecular formula is C15H21N3O. The van der Waals surface area contributed by atoms with Crippen molar-refractivity contribution < 1.29 is 4.74 Å². The molecule has 0 aliphatic heterocycles. The van der Waals surface area contributed by atoms with E-state index in [0.29, 0.717) is 6.04 Å². The molecule has 4 heteroatoms. The van der Waals surface area contributed by atoms with Crippen LogP contribution in [0.3, 0.4) is 0 Å². The van der Waals surface area contributed by atoms with Gasteiger partial charge in [0.25, 0.3) is 0 Å². The second kappa shape index (κ2) is 6.38. The van der Waals surface area contributed by atoms with Gasteiger partial charge in [0.15, 0.2) is 0 Å². The summed E-state index contributed by atoms with van der Waals surface area (Å²) in [4.78, 5) is 0. The fourth-order valence-corrected chi connectivity index (χ4v) is 1.95. The molecule has 0 amide bonds. The van der Waals surface area contributed by atoms with Crippen LogP contribution < -0.4 is 10.1 Å². The Morgan fingerprint density at radius 3 is 2.63 bits per heavy atom. The van der Waals surface area contributed by atoms with Crippen LogP contribution in [0, 0.1) is 0 Å². The summed E-state index contributed by atoms with van der Waals surface area (Å²) in [7, 11) is 1.68. The van der Waals surface area contributed by atoms with E-state index in [1.807, 2.05) is 23.0 Å². The lowest BCUT2D eigenvalue weighted by molar-refractivity contribution is 0.414. The standard InChI is InChI=1S/C15H21N3O/c1-4-18-11-13(10-17-18)9-16-12(2)14-5-7-15(19-3)8-6-14/h5-8,10-12,16H,4,9H2,1-3H3/t12-/m0/s1. The molecule has 0 fully saturated rings. The Labute approximate surface area is 114 Å². The number of hydrogen-bond donors (Lipinski definition) is 1. The van der Waals surface area contributed by atoms with E-state index in [1.54, 1.807) is 7.11 Å². The van der Waals surface area contributed by atoms with Crippen LogP contribution in [0.5, 0.6) is 5.75 Å². The van der Waals surface area contributed by atoms with Gasteiger partial charge >= 0.3 is 0 Å². The average Bonchev–Trinajstić information content (AvgIpc) is 2.93. The van der Waals surface area contributed by atoms with Crippen molar-refractivity contribution in [3.8, 4) is 5.75 Å². The van der Waals surface area contributed by atoms with Gasteiger partial charge in [0.2, 0.25) is 0 Å². The maximum absolute atomic E-state index is 5.16. The fourth-order valence-electron chi connectivity index (χ4n) is 1.95. The lowest BCUT2D eigenvalue weighted by atomic mass is 10.1. The maximum Gasteiger partial charge on any atom is 0.118 e. The van der Waals surface area contributed by atoms with E-state index in [9.17, 15) is 0 Å². The first-order chi connectivity index (χ1) is 9.22. The van der Waals surface area contributed by atoms with Gasteiger partial charge in [-0.3, -0.25) is 4.68 Å². The lowest BCUT2D eigenvalue weighted by Gasteiger charge is -2.14. The quantitative estimate of drug-likeness (QED) is 0.867. The predicted octanol–water partition coefficient (Wildman–Crippen LogP) is 2.76. The Balaban J connectivity index is 1.90. The predicted molar refractivity (Wildman–Crippen MR) is 76.1 cm³/mol. The highest BCUT2D eigenvalue weighted by Crippen LogP contribution is 2.17. The Hall–Kier alpha value is -1.81. The molecule has 0 radical (unpaired) electrons. The highest BCUT2D eigenvalue weighted by molar-refractivity contribution is 5.28. The molecule has 1 N–H and O–H groups in total. The molecule has 0 unspecified atom stereocenters. The van der Waals surface area contributed by atoms with Crippen molar-refractivity contribution in [2.45, 2.75) is 33.0 Å². The maximum atomic E-state index is 5.16. The minimum absolute atomic E-state index is 0.302. The molecule has 2 aromatic rings. The van der Waals surface area contributed by atoms with E-state index in [0.717, 1.165) is 18.8 Å². The van der Waals surface area contributed by atoms with Gasteiger partial charge in [0, 0.05) is 30.9 Å². The lowest BCUT2D eigenvalue weighted by Crippen LogP contribution is -2.17. The van der Waals surface area contributed by atoms with Crippen molar-refractivity contribution in [1.29, 1.82) is 0 Å². The summed E-state index contributed by atoms with van der Waals surface area (Å²) in [6.07, 6.45) is 3.99. The summed E-state index contributed by atoms with van der Waals surface area (Å²) < 4.78 is 7.10. The summed E-state index contributed by atoms with van der Waals surface area (Å²) in [5.41, 5.74) is 2.46. The SMILES string of the molecule is CCn1cc(CN[C@@H](C)c2ccc(OC)cc2)cn1. The number of benzene rings is 1. The Morgan fingerprint density at radius 1 is 1.32 bits per heavy atom. The van der Waals surface area contributed by atoms with Crippen LogP contribution in [0.2, 0.25) is 0 Å². The van der Waals surface area contributed by atoms with Gasteiger partial charge in [-0.05, 0) is 31.5 Å². The van der Waals surface area contributed by atoms with E-state index in [4.69, 9.17) is 4.74 Å². The monoisotopic (exact) mass is 259 g/mol. The summed E-state index contributed by atoms with van der Waals surface area (Å²) >= 11 is 0. The number of aromatic nitrogens is 2. The molecule has 4 nitrogen and oxygen atoms in total.